The molecule has 1 N–H and O–H groups in total. The van der Waals surface area contributed by atoms with Crippen molar-refractivity contribution in [2.75, 3.05) is 39.8 Å². The fourth-order valence-corrected chi connectivity index (χ4v) is 4.53. The van der Waals surface area contributed by atoms with Gasteiger partial charge in [0.05, 0.1) is 0 Å². The van der Waals surface area contributed by atoms with Crippen molar-refractivity contribution in [3.63, 3.8) is 0 Å². The Morgan fingerprint density at radius 3 is 2.63 bits per heavy atom. The maximum Gasteiger partial charge on any atom is 0.274 e. The van der Waals surface area contributed by atoms with Crippen LogP contribution in [0.3, 0.4) is 0 Å². The summed E-state index contributed by atoms with van der Waals surface area (Å²) in [5, 5.41) is 8.37. The molecule has 1 aromatic heterocycles. The number of fused-ring (bicyclic) bond motifs is 1. The van der Waals surface area contributed by atoms with Crippen LogP contribution in [0.1, 0.15) is 40.7 Å². The van der Waals surface area contributed by atoms with Crippen LogP contribution in [0.2, 0.25) is 0 Å². The second-order valence-electron chi connectivity index (χ2n) is 8.46. The molecule has 2 aliphatic rings. The predicted octanol–water partition coefficient (Wildman–Crippen LogP) is 2.12. The average Bonchev–Trinajstić information content (AvgIpc) is 3.13. The summed E-state index contributed by atoms with van der Waals surface area (Å²) in [5.74, 6) is -0.115. The topological polar surface area (TPSA) is 53.4 Å². The van der Waals surface area contributed by atoms with Gasteiger partial charge < -0.3 is 15.1 Å². The Morgan fingerprint density at radius 2 is 1.93 bits per heavy atom. The third kappa shape index (κ3) is 4.57. The molecular formula is C23H32FN5O. The lowest BCUT2D eigenvalue weighted by Crippen LogP contribution is -2.47. The molecule has 1 aromatic carbocycles. The van der Waals surface area contributed by atoms with Gasteiger partial charge in [-0.2, -0.15) is 5.10 Å². The molecule has 1 atom stereocenters. The van der Waals surface area contributed by atoms with Crippen molar-refractivity contribution in [1.29, 1.82) is 0 Å². The van der Waals surface area contributed by atoms with Crippen molar-refractivity contribution >= 4 is 5.91 Å². The van der Waals surface area contributed by atoms with Crippen LogP contribution >= 0.6 is 0 Å². The number of benzene rings is 1. The molecule has 2 heterocycles. The Balaban J connectivity index is 1.42. The number of nitrogens with one attached hydrogen (secondary N) is 1. The first kappa shape index (κ1) is 21.0. The number of carbonyl (C=O) groups is 1. The molecule has 1 aliphatic carbocycles. The zero-order valence-electron chi connectivity index (χ0n) is 18.0. The second kappa shape index (κ2) is 9.27. The first-order valence-corrected chi connectivity index (χ1v) is 11.1. The minimum absolute atomic E-state index is 0.0820. The summed E-state index contributed by atoms with van der Waals surface area (Å²) < 4.78 is 15.1. The molecule has 162 valence electrons. The highest BCUT2D eigenvalue weighted by Gasteiger charge is 2.31. The van der Waals surface area contributed by atoms with Gasteiger partial charge in [-0.3, -0.25) is 9.48 Å². The highest BCUT2D eigenvalue weighted by molar-refractivity contribution is 5.94. The van der Waals surface area contributed by atoms with E-state index in [2.05, 4.69) is 24.2 Å². The van der Waals surface area contributed by atoms with Gasteiger partial charge >= 0.3 is 0 Å². The average molecular weight is 414 g/mol. The quantitative estimate of drug-likeness (QED) is 0.788. The zero-order valence-corrected chi connectivity index (χ0v) is 18.0. The lowest BCUT2D eigenvalue weighted by atomic mass is 9.91. The maximum absolute atomic E-state index is 13.2. The van der Waals surface area contributed by atoms with E-state index in [0.717, 1.165) is 76.1 Å². The van der Waals surface area contributed by atoms with Crippen molar-refractivity contribution in [2.45, 2.75) is 45.2 Å². The minimum Gasteiger partial charge on any atom is -0.335 e. The van der Waals surface area contributed by atoms with Gasteiger partial charge in [0.25, 0.3) is 5.91 Å². The number of rotatable bonds is 6. The van der Waals surface area contributed by atoms with Crippen molar-refractivity contribution in [3.8, 4) is 0 Å². The van der Waals surface area contributed by atoms with E-state index >= 15 is 0 Å². The van der Waals surface area contributed by atoms with Crippen LogP contribution in [0.15, 0.2) is 24.3 Å². The van der Waals surface area contributed by atoms with Gasteiger partial charge in [0, 0.05) is 50.0 Å². The Bertz CT molecular complexity index is 870. The normalized spacial score (nSPS) is 19.7. The van der Waals surface area contributed by atoms with E-state index in [1.807, 2.05) is 21.7 Å². The van der Waals surface area contributed by atoms with Crippen molar-refractivity contribution in [2.24, 2.45) is 0 Å². The summed E-state index contributed by atoms with van der Waals surface area (Å²) in [5.41, 5.74) is 4.14. The summed E-state index contributed by atoms with van der Waals surface area (Å²) in [6.45, 7) is 7.08. The van der Waals surface area contributed by atoms with Crippen LogP contribution in [-0.4, -0.2) is 71.3 Å². The van der Waals surface area contributed by atoms with E-state index in [1.165, 1.54) is 17.8 Å². The van der Waals surface area contributed by atoms with Crippen molar-refractivity contribution in [3.05, 3.63) is 52.6 Å². The monoisotopic (exact) mass is 413 g/mol. The third-order valence-corrected chi connectivity index (χ3v) is 6.40. The summed E-state index contributed by atoms with van der Waals surface area (Å²) in [6, 6.07) is 7.05. The molecule has 1 amide bonds. The lowest BCUT2D eigenvalue weighted by Gasteiger charge is -2.32. The van der Waals surface area contributed by atoms with E-state index in [1.54, 1.807) is 0 Å². The smallest absolute Gasteiger partial charge is 0.274 e. The van der Waals surface area contributed by atoms with Gasteiger partial charge in [-0.1, -0.05) is 12.1 Å². The molecule has 4 rings (SSSR count). The number of hydrogen-bond donors (Lipinski definition) is 1. The van der Waals surface area contributed by atoms with Crippen LogP contribution in [-0.2, 0) is 25.8 Å². The van der Waals surface area contributed by atoms with Gasteiger partial charge in [-0.05, 0) is 63.9 Å². The highest BCUT2D eigenvalue weighted by atomic mass is 19.1. The summed E-state index contributed by atoms with van der Waals surface area (Å²) in [4.78, 5) is 17.4. The molecule has 7 heteroatoms. The standard InChI is InChI=1S/C23H32FN5O/c1-3-29-21-9-8-19(25-11-10-17-4-6-18(24)7-5-17)16-20(21)22(26-29)23(30)28-14-12-27(2)13-15-28/h4-7,19,25H,3,8-16H2,1-2H3. The van der Waals surface area contributed by atoms with E-state index in [9.17, 15) is 9.18 Å². The van der Waals surface area contributed by atoms with Gasteiger partial charge in [-0.15, -0.1) is 0 Å². The number of carbonyl (C=O) groups excluding carboxylic acids is 1. The fraction of sp³-hybridized carbons (Fsp3) is 0.565. The highest BCUT2D eigenvalue weighted by Crippen LogP contribution is 2.26. The molecule has 1 saturated heterocycles. The number of nitrogens with zero attached hydrogens (tertiary/aromatic N) is 4. The van der Waals surface area contributed by atoms with E-state index in [0.29, 0.717) is 11.7 Å². The molecule has 0 radical (unpaired) electrons. The number of amides is 1. The number of piperazine rings is 1. The van der Waals surface area contributed by atoms with Crippen molar-refractivity contribution in [1.82, 2.24) is 24.9 Å². The van der Waals surface area contributed by atoms with Crippen LogP contribution in [0.5, 0.6) is 0 Å². The third-order valence-electron chi connectivity index (χ3n) is 6.40. The Kier molecular flexibility index (Phi) is 6.49. The first-order valence-electron chi connectivity index (χ1n) is 11.1. The molecule has 1 fully saturated rings. The van der Waals surface area contributed by atoms with Crippen LogP contribution in [0, 0.1) is 5.82 Å². The minimum atomic E-state index is -0.197. The molecule has 0 saturated carbocycles. The summed E-state index contributed by atoms with van der Waals surface area (Å²) >= 11 is 0. The molecule has 1 aliphatic heterocycles. The van der Waals surface area contributed by atoms with Gasteiger partial charge in [0.15, 0.2) is 5.69 Å². The number of hydrogen-bond acceptors (Lipinski definition) is 4. The molecule has 30 heavy (non-hydrogen) atoms. The predicted molar refractivity (Wildman–Crippen MR) is 115 cm³/mol. The van der Waals surface area contributed by atoms with Crippen LogP contribution in [0.25, 0.3) is 0 Å². The number of aromatic nitrogens is 2. The fourth-order valence-electron chi connectivity index (χ4n) is 4.53. The molecule has 2 aromatic rings. The molecule has 0 spiro atoms. The van der Waals surface area contributed by atoms with Crippen molar-refractivity contribution < 1.29 is 9.18 Å². The summed E-state index contributed by atoms with van der Waals surface area (Å²) in [6.07, 6.45) is 3.70. The summed E-state index contributed by atoms with van der Waals surface area (Å²) in [7, 11) is 2.09. The van der Waals surface area contributed by atoms with Gasteiger partial charge in [-0.25, -0.2) is 4.39 Å². The number of likely N-dealkylation sites (N-methyl/N-ethyl adjacent to an activating group) is 1. The van der Waals surface area contributed by atoms with E-state index < -0.39 is 0 Å². The van der Waals surface area contributed by atoms with Crippen LogP contribution < -0.4 is 5.32 Å². The molecular weight excluding hydrogens is 381 g/mol. The largest absolute Gasteiger partial charge is 0.335 e. The molecule has 6 nitrogen and oxygen atoms in total. The lowest BCUT2D eigenvalue weighted by molar-refractivity contribution is 0.0656. The Labute approximate surface area is 178 Å². The van der Waals surface area contributed by atoms with Crippen LogP contribution in [0.4, 0.5) is 4.39 Å². The number of halogens is 1. The molecule has 0 bridgehead atoms. The Hall–Kier alpha value is -2.25. The second-order valence-corrected chi connectivity index (χ2v) is 8.46. The van der Waals surface area contributed by atoms with E-state index in [-0.39, 0.29) is 11.7 Å². The molecule has 1 unspecified atom stereocenters. The van der Waals surface area contributed by atoms with Gasteiger partial charge in [0.2, 0.25) is 0 Å². The van der Waals surface area contributed by atoms with Gasteiger partial charge in [0.1, 0.15) is 5.82 Å². The van der Waals surface area contributed by atoms with E-state index in [4.69, 9.17) is 5.10 Å². The maximum atomic E-state index is 13.2. The SMILES string of the molecule is CCn1nc(C(=O)N2CCN(C)CC2)c2c1CCC(NCCc1ccc(F)cc1)C2. The number of aryl methyl sites for hydroxylation is 1. The first-order chi connectivity index (χ1) is 14.5. The zero-order chi connectivity index (χ0) is 21.1. The Morgan fingerprint density at radius 1 is 1.20 bits per heavy atom.